The van der Waals surface area contributed by atoms with Crippen LogP contribution in [0.25, 0.3) is 11.1 Å². The lowest BCUT2D eigenvalue weighted by molar-refractivity contribution is -0.131. The zero-order valence-electron chi connectivity index (χ0n) is 22.8. The number of nitrogens with two attached hydrogens (primary N) is 2. The molecule has 41 heavy (non-hydrogen) atoms. The maximum atomic E-state index is 13.7. The van der Waals surface area contributed by atoms with E-state index in [1.165, 1.54) is 0 Å². The van der Waals surface area contributed by atoms with Crippen molar-refractivity contribution in [2.24, 2.45) is 11.5 Å². The van der Waals surface area contributed by atoms with Crippen LogP contribution in [0.15, 0.2) is 66.7 Å². The predicted molar refractivity (Wildman–Crippen MR) is 161 cm³/mol. The number of morpholine rings is 1. The van der Waals surface area contributed by atoms with Gasteiger partial charge in [-0.05, 0) is 47.0 Å². The Morgan fingerprint density at radius 1 is 0.902 bits per heavy atom. The lowest BCUT2D eigenvalue weighted by Gasteiger charge is -2.36. The molecule has 0 radical (unpaired) electrons. The number of likely N-dealkylation sites (N-methyl/N-ethyl adjacent to an activating group) is 1. The average molecular weight is 599 g/mol. The molecule has 4 N–H and O–H groups in total. The molecule has 1 fully saturated rings. The summed E-state index contributed by atoms with van der Waals surface area (Å²) in [7, 11) is 1.76. The van der Waals surface area contributed by atoms with Gasteiger partial charge in [0.2, 0.25) is 17.7 Å². The molecule has 3 amide bonds. The average Bonchev–Trinajstić information content (AvgIpc) is 2.97. The minimum absolute atomic E-state index is 0.0883. The Morgan fingerprint density at radius 2 is 1.61 bits per heavy atom. The maximum absolute atomic E-state index is 13.7. The third kappa shape index (κ3) is 7.98. The van der Waals surface area contributed by atoms with Gasteiger partial charge in [-0.3, -0.25) is 19.3 Å². The van der Waals surface area contributed by atoms with E-state index in [4.69, 9.17) is 39.4 Å². The smallest absolute Gasteiger partial charge is 0.248 e. The number of amides is 3. The van der Waals surface area contributed by atoms with Crippen molar-refractivity contribution in [2.45, 2.75) is 6.04 Å². The molecule has 216 valence electrons. The zero-order chi connectivity index (χ0) is 29.5. The molecule has 9 nitrogen and oxygen atoms in total. The number of hydrogen-bond donors (Lipinski definition) is 2. The number of rotatable bonds is 11. The van der Waals surface area contributed by atoms with Crippen molar-refractivity contribution in [1.82, 2.24) is 9.80 Å². The third-order valence-corrected chi connectivity index (χ3v) is 7.85. The Morgan fingerprint density at radius 3 is 2.24 bits per heavy atom. The number of hydrogen-bond acceptors (Lipinski definition) is 6. The van der Waals surface area contributed by atoms with Gasteiger partial charge in [0.15, 0.2) is 0 Å². The fourth-order valence-electron chi connectivity index (χ4n) is 4.79. The number of benzene rings is 3. The lowest BCUT2D eigenvalue weighted by atomic mass is 9.98. The summed E-state index contributed by atoms with van der Waals surface area (Å²) in [6, 6.07) is 19.7. The van der Waals surface area contributed by atoms with Crippen molar-refractivity contribution in [3.8, 4) is 11.1 Å². The molecule has 0 aromatic heterocycles. The second-order valence-electron chi connectivity index (χ2n) is 9.92. The maximum Gasteiger partial charge on any atom is 0.248 e. The minimum Gasteiger partial charge on any atom is -0.379 e. The molecule has 3 aromatic carbocycles. The standard InChI is InChI=1S/C30H33Cl2N5O4/c1-35(29(39)19-37(18-28(33)38)24-9-10-25(31)26(32)16-24)27(17-36-11-13-41-14-12-36)21-7-5-20(6-8-21)22-3-2-4-23(15-22)30(34)40/h2-10,15-16,27H,11-14,17-19H2,1H3,(H2,33,38)(H2,34,40). The lowest BCUT2D eigenvalue weighted by Crippen LogP contribution is -2.47. The molecule has 0 aliphatic carbocycles. The fourth-order valence-corrected chi connectivity index (χ4v) is 5.08. The molecule has 1 heterocycles. The summed E-state index contributed by atoms with van der Waals surface area (Å²) >= 11 is 12.3. The SMILES string of the molecule is CN(C(=O)CN(CC(N)=O)c1ccc(Cl)c(Cl)c1)C(CN1CCOCC1)c1ccc(-c2cccc(C(N)=O)c2)cc1. The van der Waals surface area contributed by atoms with Crippen molar-refractivity contribution >= 4 is 46.6 Å². The topological polar surface area (TPSA) is 122 Å². The first-order valence-corrected chi connectivity index (χ1v) is 13.9. The van der Waals surface area contributed by atoms with E-state index in [0.29, 0.717) is 41.1 Å². The van der Waals surface area contributed by atoms with Gasteiger partial charge in [0, 0.05) is 37.9 Å². The summed E-state index contributed by atoms with van der Waals surface area (Å²) in [5, 5.41) is 0.680. The van der Waals surface area contributed by atoms with Gasteiger partial charge in [-0.15, -0.1) is 0 Å². The molecule has 1 saturated heterocycles. The molecule has 4 rings (SSSR count). The molecule has 1 aliphatic rings. The van der Waals surface area contributed by atoms with E-state index in [2.05, 4.69) is 4.90 Å². The van der Waals surface area contributed by atoms with E-state index in [-0.39, 0.29) is 25.0 Å². The van der Waals surface area contributed by atoms with Crippen molar-refractivity contribution in [3.63, 3.8) is 0 Å². The largest absolute Gasteiger partial charge is 0.379 e. The normalized spacial score (nSPS) is 14.3. The summed E-state index contributed by atoms with van der Waals surface area (Å²) in [6.45, 7) is 3.12. The van der Waals surface area contributed by atoms with Crippen LogP contribution in [0.2, 0.25) is 10.0 Å². The highest BCUT2D eigenvalue weighted by molar-refractivity contribution is 6.42. The van der Waals surface area contributed by atoms with E-state index < -0.39 is 11.8 Å². The second kappa shape index (κ2) is 13.8. The Bertz CT molecular complexity index is 1400. The minimum atomic E-state index is -0.576. The molecule has 1 unspecified atom stereocenters. The van der Waals surface area contributed by atoms with E-state index in [9.17, 15) is 14.4 Å². The highest BCUT2D eigenvalue weighted by Crippen LogP contribution is 2.29. The Balaban J connectivity index is 1.59. The van der Waals surface area contributed by atoms with Crippen molar-refractivity contribution in [3.05, 3.63) is 87.9 Å². The van der Waals surface area contributed by atoms with Crippen LogP contribution in [-0.2, 0) is 14.3 Å². The van der Waals surface area contributed by atoms with Crippen LogP contribution in [0.3, 0.4) is 0 Å². The summed E-state index contributed by atoms with van der Waals surface area (Å²) in [4.78, 5) is 42.8. The highest BCUT2D eigenvalue weighted by Gasteiger charge is 2.27. The number of nitrogens with zero attached hydrogens (tertiary/aromatic N) is 3. The van der Waals surface area contributed by atoms with E-state index in [1.54, 1.807) is 53.2 Å². The van der Waals surface area contributed by atoms with Crippen molar-refractivity contribution in [2.75, 3.05) is 57.9 Å². The summed E-state index contributed by atoms with van der Waals surface area (Å²) in [5.74, 6) is -1.26. The molecule has 0 bridgehead atoms. The quantitative estimate of drug-likeness (QED) is 0.348. The van der Waals surface area contributed by atoms with Crippen LogP contribution in [0.5, 0.6) is 0 Å². The van der Waals surface area contributed by atoms with Gasteiger partial charge >= 0.3 is 0 Å². The first-order valence-electron chi connectivity index (χ1n) is 13.2. The molecule has 0 saturated carbocycles. The van der Waals surface area contributed by atoms with E-state index >= 15 is 0 Å². The van der Waals surface area contributed by atoms with E-state index in [1.807, 2.05) is 30.3 Å². The van der Waals surface area contributed by atoms with Gasteiger partial charge in [0.25, 0.3) is 0 Å². The molecule has 1 aliphatic heterocycles. The number of carbonyl (C=O) groups is 3. The van der Waals surface area contributed by atoms with Gasteiger partial charge in [-0.25, -0.2) is 0 Å². The van der Waals surface area contributed by atoms with Gasteiger partial charge in [-0.1, -0.05) is 59.6 Å². The molecule has 3 aromatic rings. The third-order valence-electron chi connectivity index (χ3n) is 7.11. The van der Waals surface area contributed by atoms with Gasteiger partial charge in [0.1, 0.15) is 0 Å². The van der Waals surface area contributed by atoms with Crippen LogP contribution in [-0.4, -0.2) is 80.5 Å². The van der Waals surface area contributed by atoms with Crippen LogP contribution in [0.4, 0.5) is 5.69 Å². The number of ether oxygens (including phenoxy) is 1. The molecular formula is C30H33Cl2N5O4. The van der Waals surface area contributed by atoms with Crippen molar-refractivity contribution in [1.29, 1.82) is 0 Å². The first kappa shape index (κ1) is 30.3. The first-order chi connectivity index (χ1) is 19.6. The number of anilines is 1. The molecular weight excluding hydrogens is 565 g/mol. The number of primary amides is 2. The number of halogens is 2. The Kier molecular flexibility index (Phi) is 10.2. The highest BCUT2D eigenvalue weighted by atomic mass is 35.5. The predicted octanol–water partition coefficient (Wildman–Crippen LogP) is 3.58. The monoisotopic (exact) mass is 597 g/mol. The van der Waals surface area contributed by atoms with Gasteiger partial charge in [0.05, 0.1) is 42.4 Å². The summed E-state index contributed by atoms with van der Waals surface area (Å²) < 4.78 is 5.52. The zero-order valence-corrected chi connectivity index (χ0v) is 24.3. The van der Waals surface area contributed by atoms with Crippen LogP contribution in [0, 0.1) is 0 Å². The molecule has 1 atom stereocenters. The van der Waals surface area contributed by atoms with Crippen molar-refractivity contribution < 1.29 is 19.1 Å². The van der Waals surface area contributed by atoms with Gasteiger partial charge < -0.3 is 26.0 Å². The van der Waals surface area contributed by atoms with Gasteiger partial charge in [-0.2, -0.15) is 0 Å². The van der Waals surface area contributed by atoms with Crippen LogP contribution < -0.4 is 16.4 Å². The van der Waals surface area contributed by atoms with Crippen LogP contribution >= 0.6 is 23.2 Å². The Labute approximate surface area is 249 Å². The summed E-state index contributed by atoms with van der Waals surface area (Å²) in [5.41, 5.74) is 14.7. The fraction of sp³-hybridized carbons (Fsp3) is 0.300. The van der Waals surface area contributed by atoms with E-state index in [0.717, 1.165) is 29.8 Å². The van der Waals surface area contributed by atoms with Crippen LogP contribution in [0.1, 0.15) is 22.0 Å². The summed E-state index contributed by atoms with van der Waals surface area (Å²) in [6.07, 6.45) is 0. The molecule has 0 spiro atoms. The molecule has 11 heteroatoms. The second-order valence-corrected chi connectivity index (χ2v) is 10.7. The number of carbonyl (C=O) groups excluding carboxylic acids is 3. The Hall–Kier alpha value is -3.63.